The van der Waals surface area contributed by atoms with Crippen LogP contribution in [0.2, 0.25) is 5.02 Å². The highest BCUT2D eigenvalue weighted by Gasteiger charge is 2.27. The molecular weight excluding hydrogens is 300 g/mol. The highest BCUT2D eigenvalue weighted by Crippen LogP contribution is 2.25. The van der Waals surface area contributed by atoms with Crippen molar-refractivity contribution in [2.75, 3.05) is 19.7 Å². The fourth-order valence-electron chi connectivity index (χ4n) is 3.26. The molecule has 1 atom stereocenters. The molecule has 0 spiro atoms. The van der Waals surface area contributed by atoms with Crippen LogP contribution in [0.5, 0.6) is 0 Å². The van der Waals surface area contributed by atoms with Crippen LogP contribution in [0.3, 0.4) is 0 Å². The van der Waals surface area contributed by atoms with Gasteiger partial charge in [-0.15, -0.1) is 0 Å². The Balaban J connectivity index is 1.58. The van der Waals surface area contributed by atoms with E-state index in [-0.39, 0.29) is 12.1 Å². The van der Waals surface area contributed by atoms with Gasteiger partial charge in [-0.2, -0.15) is 0 Å². The number of morpholine rings is 1. The largest absolute Gasteiger partial charge is 0.370 e. The summed E-state index contributed by atoms with van der Waals surface area (Å²) in [5.74, 6) is 0. The van der Waals surface area contributed by atoms with E-state index >= 15 is 0 Å². The Morgan fingerprint density at radius 2 is 2.09 bits per heavy atom. The van der Waals surface area contributed by atoms with E-state index in [1.165, 1.54) is 19.3 Å². The minimum Gasteiger partial charge on any atom is -0.370 e. The van der Waals surface area contributed by atoms with Crippen LogP contribution in [0.15, 0.2) is 24.3 Å². The van der Waals surface area contributed by atoms with Crippen molar-refractivity contribution in [2.24, 2.45) is 0 Å². The van der Waals surface area contributed by atoms with Crippen molar-refractivity contribution in [3.8, 4) is 0 Å². The van der Waals surface area contributed by atoms with Gasteiger partial charge in [0.1, 0.15) is 6.10 Å². The summed E-state index contributed by atoms with van der Waals surface area (Å²) in [4.78, 5) is 14.3. The van der Waals surface area contributed by atoms with Crippen molar-refractivity contribution in [3.05, 3.63) is 34.9 Å². The Kier molecular flexibility index (Phi) is 5.21. The van der Waals surface area contributed by atoms with Gasteiger partial charge in [0.2, 0.25) is 0 Å². The van der Waals surface area contributed by atoms with E-state index in [1.807, 2.05) is 29.2 Å². The number of carbonyl (C=O) groups excluding carboxylic acids is 1. The SMILES string of the molecule is O=C(NC1CCCCC1)N1CCOC(c2cccc(Cl)c2)C1. The summed E-state index contributed by atoms with van der Waals surface area (Å²) in [5, 5.41) is 3.88. The molecule has 120 valence electrons. The number of hydrogen-bond acceptors (Lipinski definition) is 2. The number of rotatable bonds is 2. The van der Waals surface area contributed by atoms with E-state index in [4.69, 9.17) is 16.3 Å². The quantitative estimate of drug-likeness (QED) is 0.900. The average Bonchev–Trinajstić information content (AvgIpc) is 2.56. The first-order valence-electron chi connectivity index (χ1n) is 8.15. The highest BCUT2D eigenvalue weighted by atomic mass is 35.5. The molecule has 22 heavy (non-hydrogen) atoms. The van der Waals surface area contributed by atoms with Crippen LogP contribution < -0.4 is 5.32 Å². The zero-order chi connectivity index (χ0) is 15.4. The van der Waals surface area contributed by atoms with E-state index in [2.05, 4.69) is 5.32 Å². The first kappa shape index (κ1) is 15.6. The van der Waals surface area contributed by atoms with Crippen LogP contribution in [0, 0.1) is 0 Å². The molecule has 1 unspecified atom stereocenters. The first-order chi connectivity index (χ1) is 10.7. The summed E-state index contributed by atoms with van der Waals surface area (Å²) >= 11 is 6.04. The van der Waals surface area contributed by atoms with Crippen LogP contribution in [0.25, 0.3) is 0 Å². The van der Waals surface area contributed by atoms with Crippen LogP contribution in [-0.2, 0) is 4.74 Å². The van der Waals surface area contributed by atoms with Crippen LogP contribution in [0.1, 0.15) is 43.8 Å². The molecule has 2 amide bonds. The third-order valence-electron chi connectivity index (χ3n) is 4.51. The lowest BCUT2D eigenvalue weighted by molar-refractivity contribution is -0.0159. The molecule has 4 nitrogen and oxygen atoms in total. The second-order valence-corrected chi connectivity index (χ2v) is 6.58. The van der Waals surface area contributed by atoms with Crippen molar-refractivity contribution in [2.45, 2.75) is 44.2 Å². The molecule has 0 bridgehead atoms. The average molecular weight is 323 g/mol. The minimum atomic E-state index is -0.0930. The molecule has 1 aliphatic heterocycles. The van der Waals surface area contributed by atoms with Gasteiger partial charge >= 0.3 is 6.03 Å². The van der Waals surface area contributed by atoms with Gasteiger partial charge < -0.3 is 15.0 Å². The predicted molar refractivity (Wildman–Crippen MR) is 87.1 cm³/mol. The van der Waals surface area contributed by atoms with Crippen LogP contribution >= 0.6 is 11.6 Å². The molecule has 1 saturated carbocycles. The maximum Gasteiger partial charge on any atom is 0.317 e. The summed E-state index contributed by atoms with van der Waals surface area (Å²) in [6.45, 7) is 1.80. The lowest BCUT2D eigenvalue weighted by Gasteiger charge is -2.35. The molecule has 0 radical (unpaired) electrons. The monoisotopic (exact) mass is 322 g/mol. The van der Waals surface area contributed by atoms with E-state index in [0.29, 0.717) is 30.8 Å². The van der Waals surface area contributed by atoms with Gasteiger partial charge in [-0.3, -0.25) is 0 Å². The third-order valence-corrected chi connectivity index (χ3v) is 4.74. The molecule has 1 heterocycles. The molecule has 0 aromatic heterocycles. The normalized spacial score (nSPS) is 23.3. The zero-order valence-electron chi connectivity index (χ0n) is 12.8. The summed E-state index contributed by atoms with van der Waals surface area (Å²) in [7, 11) is 0. The van der Waals surface area contributed by atoms with Gasteiger partial charge in [-0.05, 0) is 30.5 Å². The fraction of sp³-hybridized carbons (Fsp3) is 0.588. The number of nitrogens with zero attached hydrogens (tertiary/aromatic N) is 1. The van der Waals surface area contributed by atoms with Gasteiger partial charge in [0.25, 0.3) is 0 Å². The predicted octanol–water partition coefficient (Wildman–Crippen LogP) is 3.76. The van der Waals surface area contributed by atoms with E-state index in [1.54, 1.807) is 0 Å². The molecule has 5 heteroatoms. The third kappa shape index (κ3) is 3.93. The summed E-state index contributed by atoms with van der Waals surface area (Å²) < 4.78 is 5.81. The number of nitrogens with one attached hydrogen (secondary N) is 1. The van der Waals surface area contributed by atoms with E-state index in [9.17, 15) is 4.79 Å². The van der Waals surface area contributed by atoms with Gasteiger partial charge in [0.15, 0.2) is 0 Å². The Hall–Kier alpha value is -1.26. The standard InChI is InChI=1S/C17H23ClN2O2/c18-14-6-4-5-13(11-14)16-12-20(9-10-22-16)17(21)19-15-7-2-1-3-8-15/h4-6,11,15-16H,1-3,7-10,12H2,(H,19,21). The Morgan fingerprint density at radius 3 is 2.86 bits per heavy atom. The topological polar surface area (TPSA) is 41.6 Å². The lowest BCUT2D eigenvalue weighted by Crippen LogP contribution is -2.50. The molecular formula is C17H23ClN2O2. The number of carbonyl (C=O) groups is 1. The van der Waals surface area contributed by atoms with Crippen LogP contribution in [0.4, 0.5) is 4.79 Å². The fourth-order valence-corrected chi connectivity index (χ4v) is 3.45. The zero-order valence-corrected chi connectivity index (χ0v) is 13.5. The molecule has 1 aromatic rings. The Bertz CT molecular complexity index is 517. The van der Waals surface area contributed by atoms with Gasteiger partial charge in [0, 0.05) is 17.6 Å². The smallest absolute Gasteiger partial charge is 0.317 e. The van der Waals surface area contributed by atoms with Crippen molar-refractivity contribution in [1.82, 2.24) is 10.2 Å². The maximum atomic E-state index is 12.4. The number of urea groups is 1. The summed E-state index contributed by atoms with van der Waals surface area (Å²) in [5.41, 5.74) is 1.03. The molecule has 3 rings (SSSR count). The van der Waals surface area contributed by atoms with E-state index < -0.39 is 0 Å². The summed E-state index contributed by atoms with van der Waals surface area (Å²) in [6.07, 6.45) is 5.85. The number of hydrogen-bond donors (Lipinski definition) is 1. The first-order valence-corrected chi connectivity index (χ1v) is 8.52. The lowest BCUT2D eigenvalue weighted by atomic mass is 9.96. The number of ether oxygens (including phenoxy) is 1. The van der Waals surface area contributed by atoms with Crippen LogP contribution in [-0.4, -0.2) is 36.7 Å². The van der Waals surface area contributed by atoms with Crippen molar-refractivity contribution in [3.63, 3.8) is 0 Å². The molecule has 1 saturated heterocycles. The van der Waals surface area contributed by atoms with Gasteiger partial charge in [-0.1, -0.05) is 43.0 Å². The molecule has 2 aliphatic rings. The maximum absolute atomic E-state index is 12.4. The number of amides is 2. The molecule has 1 N–H and O–H groups in total. The van der Waals surface area contributed by atoms with E-state index in [0.717, 1.165) is 18.4 Å². The number of benzene rings is 1. The highest BCUT2D eigenvalue weighted by molar-refractivity contribution is 6.30. The van der Waals surface area contributed by atoms with Crippen molar-refractivity contribution in [1.29, 1.82) is 0 Å². The van der Waals surface area contributed by atoms with Gasteiger partial charge in [0.05, 0.1) is 13.2 Å². The molecule has 1 aliphatic carbocycles. The van der Waals surface area contributed by atoms with Crippen molar-refractivity contribution < 1.29 is 9.53 Å². The number of halogens is 1. The summed E-state index contributed by atoms with van der Waals surface area (Å²) in [6, 6.07) is 8.06. The van der Waals surface area contributed by atoms with Crippen molar-refractivity contribution >= 4 is 17.6 Å². The molecule has 2 fully saturated rings. The van der Waals surface area contributed by atoms with Gasteiger partial charge in [-0.25, -0.2) is 4.79 Å². The minimum absolute atomic E-state index is 0.0437. The molecule has 1 aromatic carbocycles. The Morgan fingerprint density at radius 1 is 1.27 bits per heavy atom. The Labute approximate surface area is 136 Å². The second kappa shape index (κ2) is 7.34. The second-order valence-electron chi connectivity index (χ2n) is 6.14.